The molecule has 0 radical (unpaired) electrons. The molecule has 3 fully saturated rings. The van der Waals surface area contributed by atoms with Crippen LogP contribution in [-0.4, -0.2) is 38.5 Å². The van der Waals surface area contributed by atoms with Gasteiger partial charge in [-0.1, -0.05) is 39.7 Å². The number of benzene rings is 1. The van der Waals surface area contributed by atoms with Crippen LogP contribution in [0.3, 0.4) is 0 Å². The molecule has 1 saturated heterocycles. The Kier molecular flexibility index (Phi) is 8.35. The van der Waals surface area contributed by atoms with Crippen LogP contribution >= 0.6 is 0 Å². The Morgan fingerprint density at radius 3 is 2.67 bits per heavy atom. The van der Waals surface area contributed by atoms with E-state index < -0.39 is 13.9 Å². The molecular formula is C34H52O4Si. The molecule has 39 heavy (non-hydrogen) atoms. The first-order valence-corrected chi connectivity index (χ1v) is 18.6. The minimum atomic E-state index is -1.71. The maximum atomic E-state index is 11.9. The molecule has 0 bridgehead atoms. The molecule has 4 aliphatic rings. The van der Waals surface area contributed by atoms with Crippen LogP contribution in [0, 0.1) is 29.1 Å². The summed E-state index contributed by atoms with van der Waals surface area (Å²) in [6.45, 7) is 15.4. The second kappa shape index (κ2) is 11.2. The maximum absolute atomic E-state index is 11.9. The van der Waals surface area contributed by atoms with E-state index in [1.165, 1.54) is 24.0 Å². The van der Waals surface area contributed by atoms with Crippen LogP contribution < -0.4 is 4.74 Å². The lowest BCUT2D eigenvalue weighted by Gasteiger charge is -2.52. The van der Waals surface area contributed by atoms with Crippen molar-refractivity contribution in [1.82, 2.24) is 0 Å². The number of aryl methyl sites for hydroxylation is 1. The van der Waals surface area contributed by atoms with Gasteiger partial charge in [0.1, 0.15) is 11.4 Å². The van der Waals surface area contributed by atoms with Crippen LogP contribution in [0.4, 0.5) is 0 Å². The Hall–Kier alpha value is -1.32. The molecular weight excluding hydrogens is 500 g/mol. The van der Waals surface area contributed by atoms with E-state index in [4.69, 9.17) is 13.9 Å². The van der Waals surface area contributed by atoms with Crippen LogP contribution in [0.1, 0.15) is 109 Å². The van der Waals surface area contributed by atoms with Crippen molar-refractivity contribution < 1.29 is 19.0 Å². The molecule has 216 valence electrons. The predicted octanol–water partition coefficient (Wildman–Crippen LogP) is 7.98. The van der Waals surface area contributed by atoms with Crippen molar-refractivity contribution in [2.24, 2.45) is 17.3 Å². The highest BCUT2D eigenvalue weighted by Gasteiger charge is 2.61. The Morgan fingerprint density at radius 2 is 1.92 bits per heavy atom. The Labute approximate surface area is 238 Å². The molecule has 0 amide bonds. The maximum Gasteiger partial charge on any atom is 0.199 e. The zero-order chi connectivity index (χ0) is 27.9. The Morgan fingerprint density at radius 1 is 1.10 bits per heavy atom. The molecule has 1 aliphatic heterocycles. The minimum absolute atomic E-state index is 0.0921. The van der Waals surface area contributed by atoms with E-state index in [1.54, 1.807) is 0 Å². The Balaban J connectivity index is 1.20. The summed E-state index contributed by atoms with van der Waals surface area (Å²) in [7, 11) is -1.71. The number of hydrogen-bond acceptors (Lipinski definition) is 4. The lowest BCUT2D eigenvalue weighted by Crippen LogP contribution is -2.50. The molecule has 1 aromatic carbocycles. The third-order valence-electron chi connectivity index (χ3n) is 11.3. The van der Waals surface area contributed by atoms with Gasteiger partial charge in [0, 0.05) is 24.9 Å². The first kappa shape index (κ1) is 29.2. The lowest BCUT2D eigenvalue weighted by molar-refractivity contribution is -0.105. The van der Waals surface area contributed by atoms with Crippen molar-refractivity contribution in [2.75, 3.05) is 13.2 Å². The molecule has 1 unspecified atom stereocenters. The van der Waals surface area contributed by atoms with Gasteiger partial charge in [-0.15, -0.1) is 5.92 Å². The summed E-state index contributed by atoms with van der Waals surface area (Å²) in [6.07, 6.45) is 11.3. The van der Waals surface area contributed by atoms with E-state index in [9.17, 15) is 5.11 Å². The molecule has 1 N–H and O–H groups in total. The summed E-state index contributed by atoms with van der Waals surface area (Å²) >= 11 is 0. The smallest absolute Gasteiger partial charge is 0.199 e. The van der Waals surface area contributed by atoms with Gasteiger partial charge >= 0.3 is 0 Å². The summed E-state index contributed by atoms with van der Waals surface area (Å²) in [5.74, 6) is 9.54. The van der Waals surface area contributed by atoms with E-state index >= 15 is 0 Å². The number of ether oxygens (including phenoxy) is 2. The van der Waals surface area contributed by atoms with E-state index in [1.807, 2.05) is 0 Å². The number of unbranched alkanes of at least 4 members (excludes halogenated alkanes) is 1. The summed E-state index contributed by atoms with van der Waals surface area (Å²) in [5.41, 5.74) is 2.01. The highest BCUT2D eigenvalue weighted by atomic mass is 28.4. The summed E-state index contributed by atoms with van der Waals surface area (Å²) in [5, 5.41) is 12.1. The normalized spacial score (nSPS) is 34.3. The van der Waals surface area contributed by atoms with Crippen LogP contribution in [0.5, 0.6) is 5.75 Å². The van der Waals surface area contributed by atoms with Crippen LogP contribution in [0.25, 0.3) is 0 Å². The average molecular weight is 553 g/mol. The Bertz CT molecular complexity index is 1070. The summed E-state index contributed by atoms with van der Waals surface area (Å²) in [4.78, 5) is 0. The third-order valence-corrected chi connectivity index (χ3v) is 15.8. The van der Waals surface area contributed by atoms with Gasteiger partial charge < -0.3 is 19.0 Å². The topological polar surface area (TPSA) is 47.9 Å². The van der Waals surface area contributed by atoms with Gasteiger partial charge in [0.05, 0.1) is 6.61 Å². The van der Waals surface area contributed by atoms with Crippen molar-refractivity contribution >= 4 is 8.32 Å². The van der Waals surface area contributed by atoms with E-state index in [0.29, 0.717) is 17.8 Å². The van der Waals surface area contributed by atoms with Crippen molar-refractivity contribution in [3.63, 3.8) is 0 Å². The minimum Gasteiger partial charge on any atom is -0.465 e. The molecule has 5 heteroatoms. The quantitative estimate of drug-likeness (QED) is 0.221. The lowest BCUT2D eigenvalue weighted by atomic mass is 9.53. The number of aliphatic hydroxyl groups is 1. The SMILES string of the molecule is CC(C)(C)[Si](C)(C)OCCCC#C[C@]1(O)CC[C@H]2[C@@H]3CCc4cc(OC5CCCCO5)ccc4[C@H]3CC[C@@]21C. The van der Waals surface area contributed by atoms with Crippen molar-refractivity contribution in [3.05, 3.63) is 29.3 Å². The molecule has 3 aliphatic carbocycles. The van der Waals surface area contributed by atoms with E-state index in [-0.39, 0.29) is 16.7 Å². The van der Waals surface area contributed by atoms with Crippen molar-refractivity contribution in [3.8, 4) is 17.6 Å². The first-order valence-electron chi connectivity index (χ1n) is 15.7. The fourth-order valence-corrected chi connectivity index (χ4v) is 8.81. The first-order chi connectivity index (χ1) is 18.4. The largest absolute Gasteiger partial charge is 0.465 e. The second-order valence-corrected chi connectivity index (χ2v) is 19.4. The van der Waals surface area contributed by atoms with Gasteiger partial charge in [0.2, 0.25) is 0 Å². The standard InChI is InChI=1S/C34H52O4Si/c1-32(2,3)39(5,6)37-23-10-7-9-19-34(35)21-18-30-29-15-13-25-24-26(38-31-12-8-11-22-36-31)14-16-27(25)28(29)17-20-33(30,34)4/h14,16,24,28-31,35H,7-8,10-13,15,17-18,20-23H2,1-6H3/t28-,29-,30+,31?,33+,34+/m1/s1. The summed E-state index contributed by atoms with van der Waals surface area (Å²) in [6, 6.07) is 6.78. The molecule has 6 atom stereocenters. The zero-order valence-corrected chi connectivity index (χ0v) is 26.4. The predicted molar refractivity (Wildman–Crippen MR) is 160 cm³/mol. The highest BCUT2D eigenvalue weighted by Crippen LogP contribution is 2.64. The number of rotatable bonds is 6. The van der Waals surface area contributed by atoms with Gasteiger partial charge in [-0.2, -0.15) is 0 Å². The third kappa shape index (κ3) is 5.74. The average Bonchev–Trinajstić information content (AvgIpc) is 3.16. The van der Waals surface area contributed by atoms with Crippen LogP contribution in [0.2, 0.25) is 18.1 Å². The molecule has 0 spiro atoms. The van der Waals surface area contributed by atoms with E-state index in [2.05, 4.69) is 70.8 Å². The second-order valence-electron chi connectivity index (χ2n) is 14.6. The van der Waals surface area contributed by atoms with Gasteiger partial charge in [0.25, 0.3) is 0 Å². The van der Waals surface area contributed by atoms with Gasteiger partial charge in [-0.05, 0) is 117 Å². The van der Waals surface area contributed by atoms with Crippen LogP contribution in [-0.2, 0) is 15.6 Å². The molecule has 4 nitrogen and oxygen atoms in total. The van der Waals surface area contributed by atoms with E-state index in [0.717, 1.165) is 76.8 Å². The fourth-order valence-electron chi connectivity index (χ4n) is 7.72. The van der Waals surface area contributed by atoms with Crippen molar-refractivity contribution in [2.45, 2.75) is 134 Å². The molecule has 1 aromatic rings. The number of fused-ring (bicyclic) bond motifs is 5. The van der Waals surface area contributed by atoms with Gasteiger partial charge in [-0.3, -0.25) is 0 Å². The van der Waals surface area contributed by atoms with Gasteiger partial charge in [0.15, 0.2) is 14.6 Å². The molecule has 0 aromatic heterocycles. The number of hydrogen-bond donors (Lipinski definition) is 1. The van der Waals surface area contributed by atoms with Gasteiger partial charge in [-0.25, -0.2) is 0 Å². The zero-order valence-electron chi connectivity index (χ0n) is 25.4. The fraction of sp³-hybridized carbons (Fsp3) is 0.765. The monoisotopic (exact) mass is 552 g/mol. The summed E-state index contributed by atoms with van der Waals surface area (Å²) < 4.78 is 18.3. The van der Waals surface area contributed by atoms with Crippen molar-refractivity contribution in [1.29, 1.82) is 0 Å². The highest BCUT2D eigenvalue weighted by molar-refractivity contribution is 6.74. The van der Waals surface area contributed by atoms with Crippen LogP contribution in [0.15, 0.2) is 18.2 Å². The molecule has 1 heterocycles. The molecule has 2 saturated carbocycles. The molecule has 5 rings (SSSR count).